The number of fused-ring (bicyclic) bond motifs is 1. The van der Waals surface area contributed by atoms with Gasteiger partial charge in [-0.2, -0.15) is 4.99 Å². The Morgan fingerprint density at radius 3 is 2.70 bits per heavy atom. The number of para-hydroxylation sites is 1. The van der Waals surface area contributed by atoms with Crippen molar-refractivity contribution in [2.45, 2.75) is 13.0 Å². The van der Waals surface area contributed by atoms with Crippen LogP contribution in [0.2, 0.25) is 0 Å². The summed E-state index contributed by atoms with van der Waals surface area (Å²) in [5.74, 6) is 0. The molecule has 1 unspecified atom stereocenters. The Hall–Kier alpha value is -2.62. The molecule has 2 aromatic rings. The molecule has 1 atom stereocenters. The van der Waals surface area contributed by atoms with Crippen molar-refractivity contribution in [1.29, 1.82) is 0 Å². The van der Waals surface area contributed by atoms with Gasteiger partial charge in [0.25, 0.3) is 6.02 Å². The molecular formula is C16H14N2O2. The first-order valence-electron chi connectivity index (χ1n) is 6.40. The van der Waals surface area contributed by atoms with E-state index in [2.05, 4.69) is 10.3 Å². The summed E-state index contributed by atoms with van der Waals surface area (Å²) in [4.78, 5) is 15.7. The number of anilines is 1. The second-order valence-electron chi connectivity index (χ2n) is 4.59. The minimum Gasteiger partial charge on any atom is -0.449 e. The summed E-state index contributed by atoms with van der Waals surface area (Å²) >= 11 is 0. The molecule has 0 saturated carbocycles. The van der Waals surface area contributed by atoms with Gasteiger partial charge in [-0.15, -0.1) is 0 Å². The van der Waals surface area contributed by atoms with Gasteiger partial charge in [-0.05, 0) is 30.7 Å². The molecule has 0 aliphatic carbocycles. The fraction of sp³-hybridized carbons (Fsp3) is 0.125. The van der Waals surface area contributed by atoms with Gasteiger partial charge in [-0.3, -0.25) is 4.79 Å². The van der Waals surface area contributed by atoms with Crippen molar-refractivity contribution in [1.82, 2.24) is 0 Å². The van der Waals surface area contributed by atoms with E-state index in [4.69, 9.17) is 4.74 Å². The number of hydrogen-bond acceptors (Lipinski definition) is 4. The number of carbonyl (C=O) groups excluding carboxylic acids is 1. The Bertz CT molecular complexity index is 665. The molecular weight excluding hydrogens is 252 g/mol. The molecule has 2 aromatic carbocycles. The molecule has 0 spiro atoms. The number of rotatable bonds is 2. The third-order valence-corrected chi connectivity index (χ3v) is 3.19. The van der Waals surface area contributed by atoms with Crippen LogP contribution in [-0.2, 0) is 9.53 Å². The lowest BCUT2D eigenvalue weighted by molar-refractivity contribution is -0.114. The van der Waals surface area contributed by atoms with Crippen molar-refractivity contribution in [2.24, 2.45) is 4.99 Å². The summed E-state index contributed by atoms with van der Waals surface area (Å²) in [6.07, 6.45) is 0.183. The maximum Gasteiger partial charge on any atom is 0.295 e. The predicted molar refractivity (Wildman–Crippen MR) is 78.2 cm³/mol. The van der Waals surface area contributed by atoms with Crippen LogP contribution < -0.4 is 5.32 Å². The van der Waals surface area contributed by atoms with Crippen molar-refractivity contribution >= 4 is 23.7 Å². The van der Waals surface area contributed by atoms with E-state index in [0.717, 1.165) is 28.8 Å². The molecule has 0 saturated heterocycles. The van der Waals surface area contributed by atoms with Crippen molar-refractivity contribution < 1.29 is 9.53 Å². The molecule has 100 valence electrons. The number of carbonyl (C=O) groups is 1. The quantitative estimate of drug-likeness (QED) is 0.848. The number of benzene rings is 2. The standard InChI is InChI=1S/C16H14N2O2/c1-11-6-5-9-13-15(11)14(10-19)20-16(18-13)17-12-7-3-2-4-8-12/h2-10,14H,1H3,(H,17,18). The molecule has 0 radical (unpaired) electrons. The van der Waals surface area contributed by atoms with Gasteiger partial charge in [0.1, 0.15) is 0 Å². The van der Waals surface area contributed by atoms with Crippen LogP contribution >= 0.6 is 0 Å². The molecule has 0 bridgehead atoms. The van der Waals surface area contributed by atoms with Crippen LogP contribution in [0.25, 0.3) is 0 Å². The molecule has 0 fully saturated rings. The Kier molecular flexibility index (Phi) is 3.21. The zero-order valence-corrected chi connectivity index (χ0v) is 11.0. The average molecular weight is 266 g/mol. The van der Waals surface area contributed by atoms with E-state index in [-0.39, 0.29) is 0 Å². The van der Waals surface area contributed by atoms with Gasteiger partial charge in [0, 0.05) is 11.3 Å². The zero-order chi connectivity index (χ0) is 13.9. The highest BCUT2D eigenvalue weighted by Gasteiger charge is 2.25. The molecule has 0 aromatic heterocycles. The average Bonchev–Trinajstić information content (AvgIpc) is 2.47. The fourth-order valence-electron chi connectivity index (χ4n) is 2.25. The lowest BCUT2D eigenvalue weighted by Gasteiger charge is -2.24. The normalized spacial score (nSPS) is 16.6. The van der Waals surface area contributed by atoms with Crippen LogP contribution in [0.5, 0.6) is 0 Å². The first-order chi connectivity index (χ1) is 9.78. The molecule has 4 nitrogen and oxygen atoms in total. The summed E-state index contributed by atoms with van der Waals surface area (Å²) in [6.45, 7) is 1.95. The minimum atomic E-state index is -0.616. The van der Waals surface area contributed by atoms with E-state index in [0.29, 0.717) is 6.02 Å². The van der Waals surface area contributed by atoms with Crippen LogP contribution in [0.1, 0.15) is 17.2 Å². The molecule has 1 heterocycles. The third-order valence-electron chi connectivity index (χ3n) is 3.19. The van der Waals surface area contributed by atoms with Gasteiger partial charge in [0.2, 0.25) is 0 Å². The summed E-state index contributed by atoms with van der Waals surface area (Å²) in [5.41, 5.74) is 3.47. The van der Waals surface area contributed by atoms with Crippen LogP contribution in [-0.4, -0.2) is 12.3 Å². The number of hydrogen-bond donors (Lipinski definition) is 1. The van der Waals surface area contributed by atoms with Crippen molar-refractivity contribution in [3.05, 3.63) is 59.7 Å². The van der Waals surface area contributed by atoms with Gasteiger partial charge in [-0.25, -0.2) is 0 Å². The largest absolute Gasteiger partial charge is 0.449 e. The van der Waals surface area contributed by atoms with Crippen molar-refractivity contribution in [3.8, 4) is 0 Å². The Morgan fingerprint density at radius 2 is 1.95 bits per heavy atom. The highest BCUT2D eigenvalue weighted by molar-refractivity contribution is 5.94. The Morgan fingerprint density at radius 1 is 1.15 bits per heavy atom. The summed E-state index contributed by atoms with van der Waals surface area (Å²) < 4.78 is 5.62. The first-order valence-corrected chi connectivity index (χ1v) is 6.40. The van der Waals surface area contributed by atoms with Crippen LogP contribution in [0.3, 0.4) is 0 Å². The smallest absolute Gasteiger partial charge is 0.295 e. The lowest BCUT2D eigenvalue weighted by atomic mass is 10.0. The van der Waals surface area contributed by atoms with E-state index < -0.39 is 6.10 Å². The van der Waals surface area contributed by atoms with Gasteiger partial charge in [-0.1, -0.05) is 30.3 Å². The van der Waals surface area contributed by atoms with E-state index in [1.54, 1.807) is 0 Å². The maximum absolute atomic E-state index is 11.3. The summed E-state index contributed by atoms with van der Waals surface area (Å²) in [5, 5.41) is 3.07. The number of aliphatic imine (C=N–C) groups is 1. The second kappa shape index (κ2) is 5.17. The number of ether oxygens (including phenoxy) is 1. The van der Waals surface area contributed by atoms with Gasteiger partial charge in [0.05, 0.1) is 5.69 Å². The Labute approximate surface area is 117 Å². The number of aryl methyl sites for hydroxylation is 1. The summed E-state index contributed by atoms with van der Waals surface area (Å²) in [7, 11) is 0. The Balaban J connectivity index is 1.97. The summed E-state index contributed by atoms with van der Waals surface area (Å²) in [6, 6.07) is 15.7. The molecule has 4 heteroatoms. The van der Waals surface area contributed by atoms with E-state index in [1.807, 2.05) is 55.5 Å². The number of amidine groups is 1. The SMILES string of the molecule is Cc1cccc2c1C(C=O)OC(Nc1ccccc1)=N2. The monoisotopic (exact) mass is 266 g/mol. The molecule has 1 aliphatic rings. The fourth-order valence-corrected chi connectivity index (χ4v) is 2.25. The van der Waals surface area contributed by atoms with Crippen LogP contribution in [0.4, 0.5) is 11.4 Å². The topological polar surface area (TPSA) is 50.7 Å². The van der Waals surface area contributed by atoms with Crippen LogP contribution in [0.15, 0.2) is 53.5 Å². The third kappa shape index (κ3) is 2.28. The van der Waals surface area contributed by atoms with E-state index >= 15 is 0 Å². The maximum atomic E-state index is 11.3. The second-order valence-corrected chi connectivity index (χ2v) is 4.59. The van der Waals surface area contributed by atoms with E-state index in [1.165, 1.54) is 0 Å². The van der Waals surface area contributed by atoms with Gasteiger partial charge < -0.3 is 10.1 Å². The minimum absolute atomic E-state index is 0.339. The van der Waals surface area contributed by atoms with Crippen molar-refractivity contribution in [3.63, 3.8) is 0 Å². The van der Waals surface area contributed by atoms with Gasteiger partial charge in [0.15, 0.2) is 12.4 Å². The van der Waals surface area contributed by atoms with Crippen molar-refractivity contribution in [2.75, 3.05) is 5.32 Å². The molecule has 1 N–H and O–H groups in total. The lowest BCUT2D eigenvalue weighted by Crippen LogP contribution is -2.23. The zero-order valence-electron chi connectivity index (χ0n) is 11.0. The highest BCUT2D eigenvalue weighted by atomic mass is 16.5. The van der Waals surface area contributed by atoms with Crippen LogP contribution in [0, 0.1) is 6.92 Å². The molecule has 20 heavy (non-hydrogen) atoms. The molecule has 1 aliphatic heterocycles. The van der Waals surface area contributed by atoms with Gasteiger partial charge >= 0.3 is 0 Å². The number of nitrogens with one attached hydrogen (secondary N) is 1. The predicted octanol–water partition coefficient (Wildman–Crippen LogP) is 3.36. The molecule has 3 rings (SSSR count). The number of aldehydes is 1. The molecule has 0 amide bonds. The number of nitrogens with zero attached hydrogens (tertiary/aromatic N) is 1. The van der Waals surface area contributed by atoms with E-state index in [9.17, 15) is 4.79 Å². The highest BCUT2D eigenvalue weighted by Crippen LogP contribution is 2.34. The first kappa shape index (κ1) is 12.4.